The van der Waals surface area contributed by atoms with E-state index in [2.05, 4.69) is 13.8 Å². The number of carbonyl (C=O) groups is 1. The molecular formula is C15H20O3. The molecule has 1 heterocycles. The lowest BCUT2D eigenvalue weighted by molar-refractivity contribution is 0.0825. The highest BCUT2D eigenvalue weighted by atomic mass is 16.5. The quantitative estimate of drug-likeness (QED) is 0.754. The Bertz CT molecular complexity index is 501. The number of carbonyl (C=O) groups excluding carboxylic acids is 1. The van der Waals surface area contributed by atoms with Crippen molar-refractivity contribution in [2.24, 2.45) is 0 Å². The van der Waals surface area contributed by atoms with Crippen molar-refractivity contribution in [3.63, 3.8) is 0 Å². The van der Waals surface area contributed by atoms with Crippen molar-refractivity contribution in [3.8, 4) is 11.5 Å². The van der Waals surface area contributed by atoms with Crippen molar-refractivity contribution in [3.05, 3.63) is 22.3 Å². The molecular weight excluding hydrogens is 228 g/mol. The summed E-state index contributed by atoms with van der Waals surface area (Å²) < 4.78 is 11.4. The molecule has 0 radical (unpaired) electrons. The summed E-state index contributed by atoms with van der Waals surface area (Å²) in [7, 11) is 1.61. The molecule has 0 amide bonds. The zero-order chi connectivity index (χ0) is 13.5. The third kappa shape index (κ3) is 1.88. The lowest BCUT2D eigenvalue weighted by Gasteiger charge is -2.35. The largest absolute Gasteiger partial charge is 0.496 e. The van der Waals surface area contributed by atoms with Crippen molar-refractivity contribution >= 4 is 6.29 Å². The highest BCUT2D eigenvalue weighted by molar-refractivity contribution is 5.85. The fraction of sp³-hybridized carbons (Fsp3) is 0.533. The molecule has 0 aliphatic carbocycles. The topological polar surface area (TPSA) is 35.5 Å². The Labute approximate surface area is 108 Å². The van der Waals surface area contributed by atoms with Crippen LogP contribution < -0.4 is 9.47 Å². The van der Waals surface area contributed by atoms with Crippen LogP contribution in [-0.2, 0) is 6.42 Å². The van der Waals surface area contributed by atoms with Gasteiger partial charge in [-0.05, 0) is 51.7 Å². The molecule has 3 heteroatoms. The summed E-state index contributed by atoms with van der Waals surface area (Å²) in [6, 6.07) is 0. The Morgan fingerprint density at radius 3 is 2.50 bits per heavy atom. The maximum atomic E-state index is 11.3. The maximum Gasteiger partial charge on any atom is 0.154 e. The average molecular weight is 248 g/mol. The van der Waals surface area contributed by atoms with Gasteiger partial charge in [-0.1, -0.05) is 0 Å². The van der Waals surface area contributed by atoms with Gasteiger partial charge in [-0.3, -0.25) is 4.79 Å². The van der Waals surface area contributed by atoms with Crippen LogP contribution in [0.15, 0.2) is 0 Å². The van der Waals surface area contributed by atoms with Crippen molar-refractivity contribution in [2.75, 3.05) is 7.11 Å². The summed E-state index contributed by atoms with van der Waals surface area (Å²) in [5, 5.41) is 0. The van der Waals surface area contributed by atoms with E-state index in [0.29, 0.717) is 11.3 Å². The van der Waals surface area contributed by atoms with E-state index in [0.717, 1.165) is 41.6 Å². The summed E-state index contributed by atoms with van der Waals surface area (Å²) in [5.74, 6) is 1.55. The van der Waals surface area contributed by atoms with Crippen molar-refractivity contribution in [2.45, 2.75) is 46.1 Å². The van der Waals surface area contributed by atoms with Crippen molar-refractivity contribution in [1.82, 2.24) is 0 Å². The first-order valence-electron chi connectivity index (χ1n) is 6.25. The monoisotopic (exact) mass is 248 g/mol. The zero-order valence-corrected chi connectivity index (χ0v) is 11.7. The molecule has 0 unspecified atom stereocenters. The van der Waals surface area contributed by atoms with E-state index in [1.165, 1.54) is 0 Å². The number of fused-ring (bicyclic) bond motifs is 1. The second kappa shape index (κ2) is 4.30. The van der Waals surface area contributed by atoms with Crippen LogP contribution in [0.1, 0.15) is 47.3 Å². The van der Waals surface area contributed by atoms with Crippen LogP contribution in [0, 0.1) is 13.8 Å². The lowest BCUT2D eigenvalue weighted by Crippen LogP contribution is -2.33. The van der Waals surface area contributed by atoms with Crippen LogP contribution in [0.4, 0.5) is 0 Å². The van der Waals surface area contributed by atoms with Gasteiger partial charge in [0.1, 0.15) is 17.1 Å². The summed E-state index contributed by atoms with van der Waals surface area (Å²) in [6.07, 6.45) is 2.65. The van der Waals surface area contributed by atoms with E-state index >= 15 is 0 Å². The standard InChI is InChI=1S/C15H20O3/c1-9-10(2)14-11(6-7-15(3,4)18-14)12(8-16)13(9)17-5/h8H,6-7H2,1-5H3. The molecule has 0 spiro atoms. The molecule has 98 valence electrons. The number of rotatable bonds is 2. The molecule has 1 aliphatic rings. The summed E-state index contributed by atoms with van der Waals surface area (Å²) in [4.78, 5) is 11.3. The Morgan fingerprint density at radius 1 is 1.28 bits per heavy atom. The van der Waals surface area contributed by atoms with Gasteiger partial charge in [0.25, 0.3) is 0 Å². The molecule has 0 N–H and O–H groups in total. The van der Waals surface area contributed by atoms with E-state index in [9.17, 15) is 4.79 Å². The first-order valence-corrected chi connectivity index (χ1v) is 6.25. The SMILES string of the molecule is COc1c(C)c(C)c2c(c1C=O)CCC(C)(C)O2. The normalized spacial score (nSPS) is 16.7. The fourth-order valence-electron chi connectivity index (χ4n) is 2.56. The Kier molecular flexibility index (Phi) is 3.09. The number of ether oxygens (including phenoxy) is 2. The molecule has 0 saturated heterocycles. The smallest absolute Gasteiger partial charge is 0.154 e. The van der Waals surface area contributed by atoms with Gasteiger partial charge in [0, 0.05) is 5.56 Å². The fourth-order valence-corrected chi connectivity index (χ4v) is 2.56. The van der Waals surface area contributed by atoms with Gasteiger partial charge in [-0.25, -0.2) is 0 Å². The zero-order valence-electron chi connectivity index (χ0n) is 11.7. The lowest BCUT2D eigenvalue weighted by atomic mass is 9.88. The molecule has 1 aromatic carbocycles. The minimum absolute atomic E-state index is 0.168. The third-order valence-corrected chi connectivity index (χ3v) is 3.76. The Balaban J connectivity index is 2.71. The number of benzene rings is 1. The van der Waals surface area contributed by atoms with Gasteiger partial charge in [0.15, 0.2) is 6.29 Å². The van der Waals surface area contributed by atoms with Gasteiger partial charge in [-0.2, -0.15) is 0 Å². The van der Waals surface area contributed by atoms with Gasteiger partial charge in [-0.15, -0.1) is 0 Å². The van der Waals surface area contributed by atoms with Crippen LogP contribution in [0.25, 0.3) is 0 Å². The van der Waals surface area contributed by atoms with Gasteiger partial charge >= 0.3 is 0 Å². The first-order chi connectivity index (χ1) is 8.41. The second-order valence-electron chi connectivity index (χ2n) is 5.48. The van der Waals surface area contributed by atoms with Crippen LogP contribution in [-0.4, -0.2) is 19.0 Å². The molecule has 0 fully saturated rings. The van der Waals surface area contributed by atoms with E-state index in [1.54, 1.807) is 7.11 Å². The number of hydrogen-bond acceptors (Lipinski definition) is 3. The molecule has 0 aromatic heterocycles. The van der Waals surface area contributed by atoms with Crippen molar-refractivity contribution < 1.29 is 14.3 Å². The first kappa shape index (κ1) is 12.9. The predicted octanol–water partition coefficient (Wildman–Crippen LogP) is 3.23. The molecule has 0 bridgehead atoms. The summed E-state index contributed by atoms with van der Waals surface area (Å²) in [5.41, 5.74) is 3.52. The maximum absolute atomic E-state index is 11.3. The van der Waals surface area contributed by atoms with Crippen LogP contribution in [0.5, 0.6) is 11.5 Å². The van der Waals surface area contributed by atoms with E-state index < -0.39 is 0 Å². The van der Waals surface area contributed by atoms with Gasteiger partial charge in [0.2, 0.25) is 0 Å². The van der Waals surface area contributed by atoms with E-state index in [4.69, 9.17) is 9.47 Å². The van der Waals surface area contributed by atoms with Gasteiger partial charge < -0.3 is 9.47 Å². The van der Waals surface area contributed by atoms with E-state index in [-0.39, 0.29) is 5.60 Å². The minimum atomic E-state index is -0.168. The average Bonchev–Trinajstić information content (AvgIpc) is 2.33. The highest BCUT2D eigenvalue weighted by Crippen LogP contribution is 2.43. The molecule has 1 aliphatic heterocycles. The molecule has 2 rings (SSSR count). The van der Waals surface area contributed by atoms with Crippen LogP contribution in [0.2, 0.25) is 0 Å². The molecule has 0 saturated carbocycles. The molecule has 3 nitrogen and oxygen atoms in total. The molecule has 1 aromatic rings. The predicted molar refractivity (Wildman–Crippen MR) is 70.9 cm³/mol. The molecule has 0 atom stereocenters. The number of aldehydes is 1. The molecule has 18 heavy (non-hydrogen) atoms. The Morgan fingerprint density at radius 2 is 1.94 bits per heavy atom. The van der Waals surface area contributed by atoms with E-state index in [1.807, 2.05) is 13.8 Å². The van der Waals surface area contributed by atoms with Gasteiger partial charge in [0.05, 0.1) is 12.7 Å². The summed E-state index contributed by atoms with van der Waals surface area (Å²) >= 11 is 0. The summed E-state index contributed by atoms with van der Waals surface area (Å²) in [6.45, 7) is 8.14. The van der Waals surface area contributed by atoms with Crippen LogP contribution in [0.3, 0.4) is 0 Å². The second-order valence-corrected chi connectivity index (χ2v) is 5.48. The third-order valence-electron chi connectivity index (χ3n) is 3.76. The minimum Gasteiger partial charge on any atom is -0.496 e. The number of methoxy groups -OCH3 is 1. The number of hydrogen-bond donors (Lipinski definition) is 0. The van der Waals surface area contributed by atoms with Crippen LogP contribution >= 0.6 is 0 Å². The van der Waals surface area contributed by atoms with Crippen molar-refractivity contribution in [1.29, 1.82) is 0 Å². The Hall–Kier alpha value is -1.51. The highest BCUT2D eigenvalue weighted by Gasteiger charge is 2.31.